The van der Waals surface area contributed by atoms with E-state index in [1.54, 1.807) is 17.2 Å². The number of piperidine rings is 1. The SMILES string of the molecule is O=C(NCc1cccnc1-n1cncn1)NC1CCN(Cc2ccccc2)CC1. The molecular weight excluding hydrogens is 366 g/mol. The van der Waals surface area contributed by atoms with Crippen LogP contribution < -0.4 is 10.6 Å². The molecule has 1 aliphatic heterocycles. The zero-order valence-corrected chi connectivity index (χ0v) is 16.2. The van der Waals surface area contributed by atoms with E-state index in [2.05, 4.69) is 54.9 Å². The largest absolute Gasteiger partial charge is 0.335 e. The minimum absolute atomic E-state index is 0.153. The smallest absolute Gasteiger partial charge is 0.315 e. The molecule has 2 N–H and O–H groups in total. The Morgan fingerprint density at radius 1 is 1.10 bits per heavy atom. The molecule has 2 amide bonds. The first-order valence-corrected chi connectivity index (χ1v) is 9.87. The number of benzene rings is 1. The van der Waals surface area contributed by atoms with Crippen molar-refractivity contribution < 1.29 is 4.79 Å². The van der Waals surface area contributed by atoms with Crippen molar-refractivity contribution in [1.29, 1.82) is 0 Å². The molecule has 0 unspecified atom stereocenters. The van der Waals surface area contributed by atoms with Gasteiger partial charge in [0, 0.05) is 44.0 Å². The number of nitrogens with zero attached hydrogens (tertiary/aromatic N) is 5. The molecule has 0 atom stereocenters. The maximum atomic E-state index is 12.4. The second-order valence-electron chi connectivity index (χ2n) is 7.19. The molecule has 2 aromatic heterocycles. The van der Waals surface area contributed by atoms with Crippen LogP contribution in [0.25, 0.3) is 5.82 Å². The van der Waals surface area contributed by atoms with Gasteiger partial charge in [0.05, 0.1) is 0 Å². The Morgan fingerprint density at radius 2 is 1.93 bits per heavy atom. The van der Waals surface area contributed by atoms with E-state index >= 15 is 0 Å². The van der Waals surface area contributed by atoms with E-state index in [-0.39, 0.29) is 12.1 Å². The Morgan fingerprint density at radius 3 is 2.69 bits per heavy atom. The molecule has 1 aliphatic rings. The van der Waals surface area contributed by atoms with Gasteiger partial charge in [0.2, 0.25) is 0 Å². The first-order valence-electron chi connectivity index (χ1n) is 9.87. The van der Waals surface area contributed by atoms with Crippen molar-refractivity contribution in [3.05, 3.63) is 72.4 Å². The molecule has 0 saturated carbocycles. The van der Waals surface area contributed by atoms with Crippen LogP contribution in [0.15, 0.2) is 61.3 Å². The molecule has 1 fully saturated rings. The molecule has 0 radical (unpaired) electrons. The van der Waals surface area contributed by atoms with Gasteiger partial charge in [0.25, 0.3) is 0 Å². The number of amides is 2. The monoisotopic (exact) mass is 391 g/mol. The third-order valence-corrected chi connectivity index (χ3v) is 5.11. The second kappa shape index (κ2) is 9.29. The van der Waals surface area contributed by atoms with Crippen molar-refractivity contribution in [2.24, 2.45) is 0 Å². The third-order valence-electron chi connectivity index (χ3n) is 5.11. The van der Waals surface area contributed by atoms with Crippen LogP contribution in [0.4, 0.5) is 4.79 Å². The summed E-state index contributed by atoms with van der Waals surface area (Å²) in [5, 5.41) is 10.1. The molecule has 1 saturated heterocycles. The lowest BCUT2D eigenvalue weighted by Gasteiger charge is -2.32. The van der Waals surface area contributed by atoms with Crippen LogP contribution in [0.5, 0.6) is 0 Å². The Hall–Kier alpha value is -3.26. The quantitative estimate of drug-likeness (QED) is 0.672. The van der Waals surface area contributed by atoms with Crippen LogP contribution >= 0.6 is 0 Å². The van der Waals surface area contributed by atoms with Crippen LogP contribution in [0.3, 0.4) is 0 Å². The van der Waals surface area contributed by atoms with E-state index < -0.39 is 0 Å². The minimum Gasteiger partial charge on any atom is -0.335 e. The fourth-order valence-electron chi connectivity index (χ4n) is 3.58. The minimum atomic E-state index is -0.153. The number of carbonyl (C=O) groups excluding carboxylic acids is 1. The van der Waals surface area contributed by atoms with Gasteiger partial charge in [-0.15, -0.1) is 0 Å². The normalized spacial score (nSPS) is 15.2. The highest BCUT2D eigenvalue weighted by Gasteiger charge is 2.20. The zero-order chi connectivity index (χ0) is 19.9. The average Bonchev–Trinajstić information content (AvgIpc) is 3.29. The van der Waals surface area contributed by atoms with Crippen molar-refractivity contribution >= 4 is 6.03 Å². The number of pyridine rings is 1. The van der Waals surface area contributed by atoms with Gasteiger partial charge < -0.3 is 10.6 Å². The summed E-state index contributed by atoms with van der Waals surface area (Å²) in [5.41, 5.74) is 2.21. The summed E-state index contributed by atoms with van der Waals surface area (Å²) >= 11 is 0. The third kappa shape index (κ3) is 5.17. The molecule has 1 aromatic carbocycles. The summed E-state index contributed by atoms with van der Waals surface area (Å²) in [4.78, 5) is 23.1. The number of aromatic nitrogens is 4. The van der Waals surface area contributed by atoms with E-state index in [0.29, 0.717) is 12.4 Å². The topological polar surface area (TPSA) is 88.0 Å². The Balaban J connectivity index is 1.23. The van der Waals surface area contributed by atoms with E-state index in [0.717, 1.165) is 38.0 Å². The van der Waals surface area contributed by atoms with Crippen molar-refractivity contribution in [3.8, 4) is 5.82 Å². The number of urea groups is 1. The molecule has 0 bridgehead atoms. The van der Waals surface area contributed by atoms with Gasteiger partial charge in [-0.25, -0.2) is 19.4 Å². The van der Waals surface area contributed by atoms with Crippen LogP contribution in [0, 0.1) is 0 Å². The van der Waals surface area contributed by atoms with Crippen LogP contribution in [-0.2, 0) is 13.1 Å². The van der Waals surface area contributed by atoms with Crippen molar-refractivity contribution in [2.45, 2.75) is 32.0 Å². The highest BCUT2D eigenvalue weighted by atomic mass is 16.2. The number of rotatable bonds is 6. The van der Waals surface area contributed by atoms with Gasteiger partial charge in [-0.2, -0.15) is 5.10 Å². The number of likely N-dealkylation sites (tertiary alicyclic amines) is 1. The van der Waals surface area contributed by atoms with Gasteiger partial charge in [0.15, 0.2) is 5.82 Å². The summed E-state index contributed by atoms with van der Waals surface area (Å²) in [6, 6.07) is 14.3. The Bertz CT molecular complexity index is 906. The van der Waals surface area contributed by atoms with E-state index in [1.807, 2.05) is 18.2 Å². The molecule has 0 aliphatic carbocycles. The summed E-state index contributed by atoms with van der Waals surface area (Å²) in [6.07, 6.45) is 6.66. The molecule has 8 nitrogen and oxygen atoms in total. The summed E-state index contributed by atoms with van der Waals surface area (Å²) < 4.78 is 1.59. The molecule has 8 heteroatoms. The van der Waals surface area contributed by atoms with Gasteiger partial charge in [-0.05, 0) is 24.5 Å². The predicted octanol–water partition coefficient (Wildman–Crippen LogP) is 2.13. The van der Waals surface area contributed by atoms with Crippen LogP contribution in [-0.4, -0.2) is 49.8 Å². The predicted molar refractivity (Wildman–Crippen MR) is 109 cm³/mol. The summed E-state index contributed by atoms with van der Waals surface area (Å²) in [7, 11) is 0. The number of hydrogen-bond donors (Lipinski definition) is 2. The molecule has 150 valence electrons. The van der Waals surface area contributed by atoms with Crippen LogP contribution in [0.2, 0.25) is 0 Å². The Labute approximate surface area is 170 Å². The number of nitrogens with one attached hydrogen (secondary N) is 2. The average molecular weight is 391 g/mol. The van der Waals surface area contributed by atoms with E-state index in [4.69, 9.17) is 0 Å². The zero-order valence-electron chi connectivity index (χ0n) is 16.2. The molecule has 4 rings (SSSR count). The van der Waals surface area contributed by atoms with E-state index in [1.165, 1.54) is 11.9 Å². The van der Waals surface area contributed by atoms with Crippen LogP contribution in [0.1, 0.15) is 24.0 Å². The van der Waals surface area contributed by atoms with Gasteiger partial charge in [0.1, 0.15) is 12.7 Å². The second-order valence-corrected chi connectivity index (χ2v) is 7.19. The maximum Gasteiger partial charge on any atom is 0.315 e. The lowest BCUT2D eigenvalue weighted by Crippen LogP contribution is -2.47. The highest BCUT2D eigenvalue weighted by Crippen LogP contribution is 2.14. The molecule has 0 spiro atoms. The standard InChI is InChI=1S/C21H25N7O/c29-21(24-13-18-7-4-10-23-20(18)28-16-22-15-25-28)26-19-8-11-27(12-9-19)14-17-5-2-1-3-6-17/h1-7,10,15-16,19H,8-9,11-14H2,(H2,24,26,29). The number of carbonyl (C=O) groups is 1. The van der Waals surface area contributed by atoms with Gasteiger partial charge >= 0.3 is 6.03 Å². The first-order chi connectivity index (χ1) is 14.3. The molecule has 3 aromatic rings. The van der Waals surface area contributed by atoms with Gasteiger partial charge in [-0.3, -0.25) is 4.90 Å². The molecule has 29 heavy (non-hydrogen) atoms. The number of hydrogen-bond acceptors (Lipinski definition) is 5. The van der Waals surface area contributed by atoms with Crippen molar-refractivity contribution in [2.75, 3.05) is 13.1 Å². The van der Waals surface area contributed by atoms with E-state index in [9.17, 15) is 4.79 Å². The Kier molecular flexibility index (Phi) is 6.11. The fraction of sp³-hybridized carbons (Fsp3) is 0.333. The van der Waals surface area contributed by atoms with Crippen molar-refractivity contribution in [1.82, 2.24) is 35.3 Å². The van der Waals surface area contributed by atoms with Gasteiger partial charge in [-0.1, -0.05) is 36.4 Å². The summed E-state index contributed by atoms with van der Waals surface area (Å²) in [6.45, 7) is 3.31. The van der Waals surface area contributed by atoms with Crippen molar-refractivity contribution in [3.63, 3.8) is 0 Å². The fourth-order valence-corrected chi connectivity index (χ4v) is 3.58. The lowest BCUT2D eigenvalue weighted by atomic mass is 10.0. The lowest BCUT2D eigenvalue weighted by molar-refractivity contribution is 0.186. The first kappa shape index (κ1) is 19.1. The maximum absolute atomic E-state index is 12.4. The molecular formula is C21H25N7O. The summed E-state index contributed by atoms with van der Waals surface area (Å²) in [5.74, 6) is 0.666. The highest BCUT2D eigenvalue weighted by molar-refractivity contribution is 5.74. The molecule has 3 heterocycles.